The van der Waals surface area contributed by atoms with Crippen molar-refractivity contribution in [2.45, 2.75) is 6.92 Å². The molecule has 0 bridgehead atoms. The molecule has 0 radical (unpaired) electrons. The summed E-state index contributed by atoms with van der Waals surface area (Å²) in [7, 11) is 1.76. The summed E-state index contributed by atoms with van der Waals surface area (Å²) in [5.41, 5.74) is 1.41. The third kappa shape index (κ3) is 2.83. The molecule has 0 aliphatic carbocycles. The van der Waals surface area contributed by atoms with Gasteiger partial charge in [-0.05, 0) is 31.2 Å². The van der Waals surface area contributed by atoms with Crippen molar-refractivity contribution in [2.24, 2.45) is 7.05 Å². The maximum atomic E-state index is 12.7. The Kier molecular flexibility index (Phi) is 4.22. The highest BCUT2D eigenvalue weighted by atomic mass is 35.5. The highest BCUT2D eigenvalue weighted by Crippen LogP contribution is 2.15. The molecule has 2 aromatic heterocycles. The summed E-state index contributed by atoms with van der Waals surface area (Å²) < 4.78 is 3.19. The molecule has 3 aromatic rings. The number of aromatic nitrogens is 3. The normalized spacial score (nSPS) is 10.6. The van der Waals surface area contributed by atoms with Crippen molar-refractivity contribution in [1.29, 1.82) is 0 Å². The number of pyridine rings is 1. The molecule has 1 aromatic carbocycles. The Hall–Kier alpha value is -2.86. The van der Waals surface area contributed by atoms with Crippen molar-refractivity contribution in [2.75, 3.05) is 5.32 Å². The minimum atomic E-state index is -0.483. The summed E-state index contributed by atoms with van der Waals surface area (Å²) in [6.07, 6.45) is 0. The number of hydrogen-bond donors (Lipinski definition) is 1. The molecule has 0 fully saturated rings. The Labute approximate surface area is 143 Å². The molecule has 0 saturated carbocycles. The lowest BCUT2D eigenvalue weighted by Gasteiger charge is -2.07. The minimum Gasteiger partial charge on any atom is -0.314 e. The van der Waals surface area contributed by atoms with Gasteiger partial charge in [-0.1, -0.05) is 35.9 Å². The predicted molar refractivity (Wildman–Crippen MR) is 92.9 cm³/mol. The molecular weight excluding hydrogens is 328 g/mol. The van der Waals surface area contributed by atoms with Crippen molar-refractivity contribution >= 4 is 23.2 Å². The number of anilines is 1. The molecule has 2 heterocycles. The first-order valence-electron chi connectivity index (χ1n) is 7.27. The summed E-state index contributed by atoms with van der Waals surface area (Å²) >= 11 is 5.80. The Balaban J connectivity index is 2.01. The van der Waals surface area contributed by atoms with Crippen LogP contribution in [0.5, 0.6) is 0 Å². The molecule has 1 N–H and O–H groups in total. The molecule has 0 atom stereocenters. The quantitative estimate of drug-likeness (QED) is 0.744. The van der Waals surface area contributed by atoms with Crippen LogP contribution in [0, 0.1) is 6.92 Å². The minimum absolute atomic E-state index is 0.149. The molecule has 0 unspecified atom stereocenters. The van der Waals surface area contributed by atoms with Crippen molar-refractivity contribution in [1.82, 2.24) is 14.3 Å². The van der Waals surface area contributed by atoms with E-state index in [1.165, 1.54) is 10.7 Å². The van der Waals surface area contributed by atoms with Crippen molar-refractivity contribution < 1.29 is 4.79 Å². The number of nitrogens with one attached hydrogen (secondary N) is 1. The zero-order valence-electron chi connectivity index (χ0n) is 13.2. The van der Waals surface area contributed by atoms with Gasteiger partial charge in [-0.25, -0.2) is 9.67 Å². The molecule has 7 heteroatoms. The number of para-hydroxylation sites is 1. The molecule has 1 amide bonds. The Morgan fingerprint density at radius 2 is 1.83 bits per heavy atom. The average molecular weight is 343 g/mol. The largest absolute Gasteiger partial charge is 0.314 e. The highest BCUT2D eigenvalue weighted by Gasteiger charge is 2.19. The van der Waals surface area contributed by atoms with Gasteiger partial charge in [-0.15, -0.1) is 0 Å². The van der Waals surface area contributed by atoms with E-state index in [2.05, 4.69) is 10.3 Å². The van der Waals surface area contributed by atoms with Crippen molar-refractivity contribution in [3.05, 3.63) is 75.4 Å². The van der Waals surface area contributed by atoms with Gasteiger partial charge in [-0.2, -0.15) is 0 Å². The van der Waals surface area contributed by atoms with Crippen LogP contribution in [0.1, 0.15) is 16.2 Å². The van der Waals surface area contributed by atoms with Gasteiger partial charge in [0.1, 0.15) is 16.5 Å². The smallest absolute Gasteiger partial charge is 0.295 e. The lowest BCUT2D eigenvalue weighted by atomic mass is 10.3. The summed E-state index contributed by atoms with van der Waals surface area (Å²) in [4.78, 5) is 29.0. The van der Waals surface area contributed by atoms with Gasteiger partial charge in [0.05, 0.1) is 11.4 Å². The van der Waals surface area contributed by atoms with Crippen LogP contribution in [0.4, 0.5) is 5.69 Å². The molecule has 0 spiro atoms. The fourth-order valence-corrected chi connectivity index (χ4v) is 2.59. The van der Waals surface area contributed by atoms with Crippen LogP contribution in [-0.2, 0) is 7.05 Å². The van der Waals surface area contributed by atoms with Gasteiger partial charge in [-0.3, -0.25) is 14.3 Å². The highest BCUT2D eigenvalue weighted by molar-refractivity contribution is 6.29. The monoisotopic (exact) mass is 342 g/mol. The van der Waals surface area contributed by atoms with Crippen LogP contribution in [0.15, 0.2) is 53.3 Å². The lowest BCUT2D eigenvalue weighted by Crippen LogP contribution is -2.23. The first kappa shape index (κ1) is 16.0. The van der Waals surface area contributed by atoms with Crippen LogP contribution >= 0.6 is 11.6 Å². The molecule has 24 heavy (non-hydrogen) atoms. The third-order valence-electron chi connectivity index (χ3n) is 3.74. The van der Waals surface area contributed by atoms with Crippen LogP contribution in [0.2, 0.25) is 5.15 Å². The SMILES string of the molecule is Cc1c(NC(=O)c2cccc(Cl)n2)c(=O)n(-c2ccccc2)n1C. The molecule has 0 aliphatic rings. The summed E-state index contributed by atoms with van der Waals surface area (Å²) in [6, 6.07) is 14.0. The van der Waals surface area contributed by atoms with Gasteiger partial charge in [0.15, 0.2) is 0 Å². The van der Waals surface area contributed by atoms with Crippen LogP contribution in [-0.4, -0.2) is 20.3 Å². The number of nitrogens with zero attached hydrogens (tertiary/aromatic N) is 3. The number of hydrogen-bond acceptors (Lipinski definition) is 3. The maximum absolute atomic E-state index is 12.7. The molecular formula is C17H15ClN4O2. The Morgan fingerprint density at radius 1 is 1.12 bits per heavy atom. The first-order valence-corrected chi connectivity index (χ1v) is 7.65. The zero-order chi connectivity index (χ0) is 17.3. The number of amides is 1. The standard InChI is InChI=1S/C17H15ClN4O2/c1-11-15(20-16(23)13-9-6-10-14(18)19-13)17(24)22(21(11)2)12-7-4-3-5-8-12/h3-10H,1-2H3,(H,20,23). The predicted octanol–water partition coefficient (Wildman–Crippen LogP) is 2.79. The number of rotatable bonds is 3. The number of halogens is 1. The Bertz CT molecular complexity index is 960. The van der Waals surface area contributed by atoms with Gasteiger partial charge in [0.2, 0.25) is 0 Å². The average Bonchev–Trinajstić information content (AvgIpc) is 2.79. The first-order chi connectivity index (χ1) is 11.5. The van der Waals surface area contributed by atoms with Gasteiger partial charge in [0.25, 0.3) is 11.5 Å². The molecule has 122 valence electrons. The molecule has 0 saturated heterocycles. The van der Waals surface area contributed by atoms with Crippen molar-refractivity contribution in [3.63, 3.8) is 0 Å². The fourth-order valence-electron chi connectivity index (χ4n) is 2.42. The van der Waals surface area contributed by atoms with E-state index in [9.17, 15) is 9.59 Å². The summed E-state index contributed by atoms with van der Waals surface area (Å²) in [6.45, 7) is 1.77. The van der Waals surface area contributed by atoms with Crippen LogP contribution < -0.4 is 10.9 Å². The van der Waals surface area contributed by atoms with E-state index in [1.807, 2.05) is 30.3 Å². The van der Waals surface area contributed by atoms with E-state index >= 15 is 0 Å². The second kappa shape index (κ2) is 6.33. The molecule has 6 nitrogen and oxygen atoms in total. The van der Waals surface area contributed by atoms with Gasteiger partial charge >= 0.3 is 0 Å². The van der Waals surface area contributed by atoms with E-state index in [0.29, 0.717) is 5.69 Å². The van der Waals surface area contributed by atoms with Crippen molar-refractivity contribution in [3.8, 4) is 5.69 Å². The van der Waals surface area contributed by atoms with E-state index in [0.717, 1.165) is 5.69 Å². The van der Waals surface area contributed by atoms with E-state index in [1.54, 1.807) is 30.8 Å². The second-order valence-electron chi connectivity index (χ2n) is 5.24. The molecule has 0 aliphatic heterocycles. The van der Waals surface area contributed by atoms with Crippen LogP contribution in [0.25, 0.3) is 5.69 Å². The number of benzene rings is 1. The topological polar surface area (TPSA) is 68.9 Å². The van der Waals surface area contributed by atoms with Gasteiger partial charge < -0.3 is 5.32 Å². The second-order valence-corrected chi connectivity index (χ2v) is 5.62. The van der Waals surface area contributed by atoms with E-state index in [-0.39, 0.29) is 22.1 Å². The number of carbonyl (C=O) groups excluding carboxylic acids is 1. The molecule has 3 rings (SSSR count). The third-order valence-corrected chi connectivity index (χ3v) is 3.95. The van der Waals surface area contributed by atoms with E-state index in [4.69, 9.17) is 11.6 Å². The van der Waals surface area contributed by atoms with Crippen LogP contribution in [0.3, 0.4) is 0 Å². The lowest BCUT2D eigenvalue weighted by molar-refractivity contribution is 0.102. The fraction of sp³-hybridized carbons (Fsp3) is 0.118. The van der Waals surface area contributed by atoms with Gasteiger partial charge in [0, 0.05) is 7.05 Å². The maximum Gasteiger partial charge on any atom is 0.295 e. The van der Waals surface area contributed by atoms with E-state index < -0.39 is 5.91 Å². The Morgan fingerprint density at radius 3 is 2.50 bits per heavy atom. The number of carbonyl (C=O) groups is 1. The zero-order valence-corrected chi connectivity index (χ0v) is 13.9. The summed E-state index contributed by atoms with van der Waals surface area (Å²) in [5, 5.41) is 2.86. The summed E-state index contributed by atoms with van der Waals surface area (Å²) in [5.74, 6) is -0.483.